The lowest BCUT2D eigenvalue weighted by atomic mass is 10.0. The predicted octanol–water partition coefficient (Wildman–Crippen LogP) is 3.10. The molecule has 1 aliphatic rings. The van der Waals surface area contributed by atoms with E-state index in [4.69, 9.17) is 0 Å². The summed E-state index contributed by atoms with van der Waals surface area (Å²) in [6.45, 7) is 1.42. The minimum atomic E-state index is -4.51. The van der Waals surface area contributed by atoms with Crippen molar-refractivity contribution in [3.05, 3.63) is 34.1 Å². The highest BCUT2D eigenvalue weighted by Gasteiger charge is 2.46. The highest BCUT2D eigenvalue weighted by Crippen LogP contribution is 2.41. The van der Waals surface area contributed by atoms with Crippen LogP contribution in [-0.4, -0.2) is 37.3 Å². The van der Waals surface area contributed by atoms with Crippen LogP contribution in [0.1, 0.15) is 11.6 Å². The maximum atomic E-state index is 13.8. The summed E-state index contributed by atoms with van der Waals surface area (Å²) >= 11 is 3.02. The number of piperazine rings is 1. The second kappa shape index (κ2) is 5.76. The van der Waals surface area contributed by atoms with Crippen LogP contribution in [0.4, 0.5) is 17.6 Å². The lowest BCUT2D eigenvalue weighted by Crippen LogP contribution is -2.49. The molecule has 1 aromatic carbocycles. The Kier molecular flexibility index (Phi) is 4.47. The van der Waals surface area contributed by atoms with Crippen molar-refractivity contribution >= 4 is 15.9 Å². The molecule has 2 nitrogen and oxygen atoms in total. The fourth-order valence-electron chi connectivity index (χ4n) is 2.27. The van der Waals surface area contributed by atoms with Crippen molar-refractivity contribution in [2.75, 3.05) is 26.2 Å². The van der Waals surface area contributed by atoms with Crippen LogP contribution in [0.25, 0.3) is 0 Å². The van der Waals surface area contributed by atoms with Gasteiger partial charge in [-0.3, -0.25) is 4.90 Å². The van der Waals surface area contributed by atoms with Gasteiger partial charge < -0.3 is 5.32 Å². The van der Waals surface area contributed by atoms with Gasteiger partial charge in [-0.15, -0.1) is 0 Å². The average molecular weight is 341 g/mol. The van der Waals surface area contributed by atoms with Gasteiger partial charge in [0.15, 0.2) is 0 Å². The molecule has 0 amide bonds. The Bertz CT molecular complexity index is 424. The Morgan fingerprint density at radius 3 is 2.37 bits per heavy atom. The highest BCUT2D eigenvalue weighted by atomic mass is 79.9. The third-order valence-corrected chi connectivity index (χ3v) is 3.79. The van der Waals surface area contributed by atoms with Crippen molar-refractivity contribution in [3.63, 3.8) is 0 Å². The summed E-state index contributed by atoms with van der Waals surface area (Å²) in [5, 5.41) is 2.99. The molecule has 0 aliphatic carbocycles. The maximum Gasteiger partial charge on any atom is 0.408 e. The molecule has 0 unspecified atom stereocenters. The smallest absolute Gasteiger partial charge is 0.314 e. The molecule has 1 saturated heterocycles. The van der Waals surface area contributed by atoms with Gasteiger partial charge in [-0.05, 0) is 12.1 Å². The molecular weight excluding hydrogens is 328 g/mol. The van der Waals surface area contributed by atoms with E-state index in [1.165, 1.54) is 17.0 Å². The standard InChI is InChI=1S/C12H13BrF4N2/c13-8-2-1-3-9(14)10(8)11(12(15,16)17)19-6-4-18-5-7-19/h1-3,11,18H,4-7H2/t11-/m0/s1. The van der Waals surface area contributed by atoms with Crippen LogP contribution in [0.3, 0.4) is 0 Å². The van der Waals surface area contributed by atoms with Crippen LogP contribution in [0, 0.1) is 5.82 Å². The Morgan fingerprint density at radius 2 is 1.84 bits per heavy atom. The third-order valence-electron chi connectivity index (χ3n) is 3.10. The molecule has 0 radical (unpaired) electrons. The summed E-state index contributed by atoms with van der Waals surface area (Å²) < 4.78 is 53.9. The molecule has 19 heavy (non-hydrogen) atoms. The van der Waals surface area contributed by atoms with E-state index in [0.29, 0.717) is 13.1 Å². The fraction of sp³-hybridized carbons (Fsp3) is 0.500. The number of halogens is 5. The molecule has 1 heterocycles. The molecule has 106 valence electrons. The summed E-state index contributed by atoms with van der Waals surface area (Å²) in [4.78, 5) is 1.26. The number of hydrogen-bond acceptors (Lipinski definition) is 2. The first-order chi connectivity index (χ1) is 8.91. The van der Waals surface area contributed by atoms with Crippen molar-refractivity contribution < 1.29 is 17.6 Å². The first-order valence-electron chi connectivity index (χ1n) is 5.86. The van der Waals surface area contributed by atoms with Gasteiger partial charge in [0.25, 0.3) is 0 Å². The van der Waals surface area contributed by atoms with E-state index < -0.39 is 18.0 Å². The van der Waals surface area contributed by atoms with Gasteiger partial charge in [-0.2, -0.15) is 13.2 Å². The summed E-state index contributed by atoms with van der Waals surface area (Å²) in [5.41, 5.74) is -0.336. The van der Waals surface area contributed by atoms with E-state index in [2.05, 4.69) is 21.2 Å². The second-order valence-corrected chi connectivity index (χ2v) is 5.22. The van der Waals surface area contributed by atoms with E-state index in [1.807, 2.05) is 0 Å². The molecule has 0 bridgehead atoms. The van der Waals surface area contributed by atoms with Gasteiger partial charge in [-0.25, -0.2) is 4.39 Å². The van der Waals surface area contributed by atoms with E-state index in [9.17, 15) is 17.6 Å². The van der Waals surface area contributed by atoms with E-state index in [-0.39, 0.29) is 23.1 Å². The molecule has 1 fully saturated rings. The van der Waals surface area contributed by atoms with Crippen molar-refractivity contribution in [1.29, 1.82) is 0 Å². The molecule has 0 saturated carbocycles. The Hall–Kier alpha value is -0.660. The number of nitrogens with zero attached hydrogens (tertiary/aromatic N) is 1. The zero-order chi connectivity index (χ0) is 14.0. The van der Waals surface area contributed by atoms with Gasteiger partial charge in [0.2, 0.25) is 0 Å². The minimum Gasteiger partial charge on any atom is -0.314 e. The monoisotopic (exact) mass is 340 g/mol. The summed E-state index contributed by atoms with van der Waals surface area (Å²) in [6.07, 6.45) is -4.51. The lowest BCUT2D eigenvalue weighted by molar-refractivity contribution is -0.188. The largest absolute Gasteiger partial charge is 0.408 e. The highest BCUT2D eigenvalue weighted by molar-refractivity contribution is 9.10. The first kappa shape index (κ1) is 14.7. The quantitative estimate of drug-likeness (QED) is 0.832. The van der Waals surface area contributed by atoms with Crippen molar-refractivity contribution in [3.8, 4) is 0 Å². The van der Waals surface area contributed by atoms with Crippen LogP contribution in [0.5, 0.6) is 0 Å². The number of nitrogens with one attached hydrogen (secondary N) is 1. The SMILES string of the molecule is Fc1cccc(Br)c1[C@H](N1CCNCC1)C(F)(F)F. The number of alkyl halides is 3. The van der Waals surface area contributed by atoms with E-state index in [0.717, 1.165) is 6.07 Å². The zero-order valence-corrected chi connectivity index (χ0v) is 11.6. The lowest BCUT2D eigenvalue weighted by Gasteiger charge is -2.36. The molecule has 1 atom stereocenters. The molecule has 0 aromatic heterocycles. The molecule has 1 aromatic rings. The molecular formula is C12H13BrF4N2. The zero-order valence-electron chi connectivity index (χ0n) is 9.97. The van der Waals surface area contributed by atoms with Gasteiger partial charge in [0, 0.05) is 36.2 Å². The van der Waals surface area contributed by atoms with Gasteiger partial charge in [-0.1, -0.05) is 22.0 Å². The normalized spacial score (nSPS) is 19.4. The topological polar surface area (TPSA) is 15.3 Å². The fourth-order valence-corrected chi connectivity index (χ4v) is 2.82. The van der Waals surface area contributed by atoms with Gasteiger partial charge in [0.1, 0.15) is 11.9 Å². The molecule has 1 aliphatic heterocycles. The van der Waals surface area contributed by atoms with Gasteiger partial charge >= 0.3 is 6.18 Å². The molecule has 1 N–H and O–H groups in total. The minimum absolute atomic E-state index is 0.147. The molecule has 0 spiro atoms. The van der Waals surface area contributed by atoms with E-state index in [1.54, 1.807) is 0 Å². The summed E-state index contributed by atoms with van der Waals surface area (Å²) in [5.74, 6) is -0.838. The summed E-state index contributed by atoms with van der Waals surface area (Å²) in [6, 6.07) is 1.96. The third kappa shape index (κ3) is 3.27. The van der Waals surface area contributed by atoms with Crippen LogP contribution in [-0.2, 0) is 0 Å². The second-order valence-electron chi connectivity index (χ2n) is 4.37. The van der Waals surface area contributed by atoms with Crippen LogP contribution in [0.15, 0.2) is 22.7 Å². The maximum absolute atomic E-state index is 13.8. The van der Waals surface area contributed by atoms with Gasteiger partial charge in [0.05, 0.1) is 0 Å². The predicted molar refractivity (Wildman–Crippen MR) is 67.3 cm³/mol. The number of benzene rings is 1. The number of rotatable bonds is 2. The summed E-state index contributed by atoms with van der Waals surface area (Å²) in [7, 11) is 0. The van der Waals surface area contributed by atoms with Crippen LogP contribution >= 0.6 is 15.9 Å². The average Bonchev–Trinajstić information content (AvgIpc) is 2.33. The van der Waals surface area contributed by atoms with Crippen molar-refractivity contribution in [2.24, 2.45) is 0 Å². The van der Waals surface area contributed by atoms with Crippen molar-refractivity contribution in [1.82, 2.24) is 10.2 Å². The van der Waals surface area contributed by atoms with Crippen LogP contribution in [0.2, 0.25) is 0 Å². The Labute approximate surface area is 116 Å². The van der Waals surface area contributed by atoms with E-state index >= 15 is 0 Å². The van der Waals surface area contributed by atoms with Crippen molar-refractivity contribution in [2.45, 2.75) is 12.2 Å². The molecule has 2 rings (SSSR count). The Balaban J connectivity index is 2.43. The Morgan fingerprint density at radius 1 is 1.21 bits per heavy atom. The molecule has 7 heteroatoms. The number of hydrogen-bond donors (Lipinski definition) is 1. The van der Waals surface area contributed by atoms with Crippen LogP contribution < -0.4 is 5.32 Å². The first-order valence-corrected chi connectivity index (χ1v) is 6.66.